The van der Waals surface area contributed by atoms with Crippen LogP contribution in [0.2, 0.25) is 5.02 Å². The zero-order valence-electron chi connectivity index (χ0n) is 11.8. The lowest BCUT2D eigenvalue weighted by molar-refractivity contribution is 0.276. The summed E-state index contributed by atoms with van der Waals surface area (Å²) in [6.45, 7) is 5.68. The first-order chi connectivity index (χ1) is 9.06. The zero-order chi connectivity index (χ0) is 13.8. The van der Waals surface area contributed by atoms with Crippen LogP contribution in [0.5, 0.6) is 0 Å². The average molecular weight is 345 g/mol. The maximum atomic E-state index is 6.30. The van der Waals surface area contributed by atoms with E-state index in [1.807, 2.05) is 6.07 Å². The van der Waals surface area contributed by atoms with Crippen molar-refractivity contribution in [2.75, 3.05) is 6.54 Å². The van der Waals surface area contributed by atoms with Gasteiger partial charge in [0.15, 0.2) is 0 Å². The van der Waals surface area contributed by atoms with Gasteiger partial charge in [-0.2, -0.15) is 0 Å². The topological polar surface area (TPSA) is 12.0 Å². The molecule has 1 aromatic carbocycles. The van der Waals surface area contributed by atoms with Gasteiger partial charge in [0.25, 0.3) is 0 Å². The van der Waals surface area contributed by atoms with E-state index in [0.29, 0.717) is 6.04 Å². The van der Waals surface area contributed by atoms with Gasteiger partial charge in [-0.15, -0.1) is 0 Å². The van der Waals surface area contributed by atoms with Crippen LogP contribution in [0.4, 0.5) is 0 Å². The summed E-state index contributed by atoms with van der Waals surface area (Å²) in [6.07, 6.45) is 5.52. The molecule has 0 heterocycles. The molecule has 0 saturated heterocycles. The van der Waals surface area contributed by atoms with E-state index in [1.165, 1.54) is 31.2 Å². The Hall–Kier alpha value is -0.0500. The van der Waals surface area contributed by atoms with Gasteiger partial charge >= 0.3 is 0 Å². The lowest BCUT2D eigenvalue weighted by Gasteiger charge is -2.27. The summed E-state index contributed by atoms with van der Waals surface area (Å²) < 4.78 is 1.04. The van der Waals surface area contributed by atoms with Gasteiger partial charge in [-0.1, -0.05) is 53.4 Å². The summed E-state index contributed by atoms with van der Waals surface area (Å²) in [4.78, 5) is 0. The Morgan fingerprint density at radius 1 is 1.32 bits per heavy atom. The molecule has 0 spiro atoms. The number of benzene rings is 1. The van der Waals surface area contributed by atoms with Crippen molar-refractivity contribution in [3.05, 3.63) is 33.3 Å². The Morgan fingerprint density at radius 3 is 2.63 bits per heavy atom. The molecule has 1 atom stereocenters. The maximum absolute atomic E-state index is 6.30. The Morgan fingerprint density at radius 2 is 2.00 bits per heavy atom. The Bertz CT molecular complexity index is 413. The van der Waals surface area contributed by atoms with E-state index in [1.54, 1.807) is 0 Å². The second-order valence-corrected chi connectivity index (χ2v) is 7.24. The van der Waals surface area contributed by atoms with Crippen LogP contribution in [0.3, 0.4) is 0 Å². The summed E-state index contributed by atoms with van der Waals surface area (Å²) >= 11 is 9.74. The molecule has 0 aromatic heterocycles. The lowest BCUT2D eigenvalue weighted by atomic mass is 9.83. The summed E-state index contributed by atoms with van der Waals surface area (Å²) in [5.74, 6) is 1.77. The third-order valence-corrected chi connectivity index (χ3v) is 5.10. The molecule has 1 unspecified atom stereocenters. The normalized spacial score (nSPS) is 25.3. The fourth-order valence-corrected chi connectivity index (χ4v) is 3.68. The van der Waals surface area contributed by atoms with Crippen LogP contribution >= 0.6 is 27.5 Å². The molecule has 19 heavy (non-hydrogen) atoms. The Balaban J connectivity index is 1.85. The standard InChI is InChI=1S/C16H23BrClN/c1-11-3-5-13(6-4-11)10-19-12(2)15-8-7-14(17)9-16(15)18/h7-9,11-13,19H,3-6,10H2,1-2H3. The first-order valence-electron chi connectivity index (χ1n) is 7.24. The molecule has 3 heteroatoms. The molecule has 0 radical (unpaired) electrons. The van der Waals surface area contributed by atoms with Gasteiger partial charge in [-0.3, -0.25) is 0 Å². The number of hydrogen-bond acceptors (Lipinski definition) is 1. The van der Waals surface area contributed by atoms with Crippen molar-refractivity contribution in [2.24, 2.45) is 11.8 Å². The smallest absolute Gasteiger partial charge is 0.0464 e. The summed E-state index contributed by atoms with van der Waals surface area (Å²) in [5, 5.41) is 4.48. The number of rotatable bonds is 4. The summed E-state index contributed by atoms with van der Waals surface area (Å²) in [5.41, 5.74) is 1.19. The molecule has 1 nitrogen and oxygen atoms in total. The second kappa shape index (κ2) is 7.10. The Kier molecular flexibility index (Phi) is 5.73. The second-order valence-electron chi connectivity index (χ2n) is 5.92. The minimum absolute atomic E-state index is 0.319. The number of nitrogens with one attached hydrogen (secondary N) is 1. The molecule has 1 aromatic rings. The van der Waals surface area contributed by atoms with Gasteiger partial charge in [0.05, 0.1) is 0 Å². The zero-order valence-corrected chi connectivity index (χ0v) is 14.1. The van der Waals surface area contributed by atoms with E-state index < -0.39 is 0 Å². The van der Waals surface area contributed by atoms with E-state index in [9.17, 15) is 0 Å². The molecule has 0 bridgehead atoms. The van der Waals surface area contributed by atoms with Crippen molar-refractivity contribution < 1.29 is 0 Å². The third-order valence-electron chi connectivity index (χ3n) is 4.28. The fourth-order valence-electron chi connectivity index (χ4n) is 2.84. The van der Waals surface area contributed by atoms with Gasteiger partial charge in [0.2, 0.25) is 0 Å². The Labute approximate surface area is 130 Å². The largest absolute Gasteiger partial charge is 0.310 e. The first kappa shape index (κ1) is 15.3. The van der Waals surface area contributed by atoms with Crippen molar-refractivity contribution in [1.82, 2.24) is 5.32 Å². The first-order valence-corrected chi connectivity index (χ1v) is 8.41. The van der Waals surface area contributed by atoms with Crippen LogP contribution in [0, 0.1) is 11.8 Å². The highest BCUT2D eigenvalue weighted by atomic mass is 79.9. The van der Waals surface area contributed by atoms with Crippen molar-refractivity contribution in [3.8, 4) is 0 Å². The van der Waals surface area contributed by atoms with E-state index in [0.717, 1.165) is 27.9 Å². The van der Waals surface area contributed by atoms with Crippen LogP contribution in [0.15, 0.2) is 22.7 Å². The SMILES string of the molecule is CC1CCC(CNC(C)c2ccc(Br)cc2Cl)CC1. The van der Waals surface area contributed by atoms with Crippen molar-refractivity contribution in [1.29, 1.82) is 0 Å². The molecule has 1 aliphatic carbocycles. The lowest BCUT2D eigenvalue weighted by Crippen LogP contribution is -2.28. The molecule has 106 valence electrons. The minimum atomic E-state index is 0.319. The third kappa shape index (κ3) is 4.47. The van der Waals surface area contributed by atoms with E-state index in [2.05, 4.69) is 47.2 Å². The monoisotopic (exact) mass is 343 g/mol. The highest BCUT2D eigenvalue weighted by molar-refractivity contribution is 9.10. The highest BCUT2D eigenvalue weighted by Gasteiger charge is 2.19. The molecule has 1 saturated carbocycles. The van der Waals surface area contributed by atoms with Crippen LogP contribution in [-0.4, -0.2) is 6.54 Å². The minimum Gasteiger partial charge on any atom is -0.310 e. The number of halogens is 2. The molecule has 2 rings (SSSR count). The molecular weight excluding hydrogens is 322 g/mol. The molecule has 1 fully saturated rings. The van der Waals surface area contributed by atoms with Gasteiger partial charge in [-0.05, 0) is 55.8 Å². The average Bonchev–Trinajstić information content (AvgIpc) is 2.37. The summed E-state index contributed by atoms with van der Waals surface area (Å²) in [6, 6.07) is 6.45. The van der Waals surface area contributed by atoms with E-state index in [-0.39, 0.29) is 0 Å². The van der Waals surface area contributed by atoms with Gasteiger partial charge in [-0.25, -0.2) is 0 Å². The molecule has 0 amide bonds. The van der Waals surface area contributed by atoms with E-state index >= 15 is 0 Å². The predicted molar refractivity (Wildman–Crippen MR) is 86.7 cm³/mol. The van der Waals surface area contributed by atoms with Gasteiger partial charge < -0.3 is 5.32 Å². The number of hydrogen-bond donors (Lipinski definition) is 1. The molecule has 1 N–H and O–H groups in total. The van der Waals surface area contributed by atoms with Crippen molar-refractivity contribution in [3.63, 3.8) is 0 Å². The predicted octanol–water partition coefficient (Wildman–Crippen LogP) is 5.58. The highest BCUT2D eigenvalue weighted by Crippen LogP contribution is 2.29. The quantitative estimate of drug-likeness (QED) is 0.752. The molecular formula is C16H23BrClN. The summed E-state index contributed by atoms with van der Waals surface area (Å²) in [7, 11) is 0. The van der Waals surface area contributed by atoms with Crippen LogP contribution in [0.25, 0.3) is 0 Å². The van der Waals surface area contributed by atoms with E-state index in [4.69, 9.17) is 11.6 Å². The van der Waals surface area contributed by atoms with Crippen LogP contribution in [-0.2, 0) is 0 Å². The van der Waals surface area contributed by atoms with Crippen LogP contribution < -0.4 is 5.32 Å². The van der Waals surface area contributed by atoms with Crippen LogP contribution in [0.1, 0.15) is 51.1 Å². The maximum Gasteiger partial charge on any atom is 0.0464 e. The molecule has 1 aliphatic rings. The fraction of sp³-hybridized carbons (Fsp3) is 0.625. The van der Waals surface area contributed by atoms with Crippen molar-refractivity contribution >= 4 is 27.5 Å². The van der Waals surface area contributed by atoms with Crippen molar-refractivity contribution in [2.45, 2.75) is 45.6 Å². The molecule has 0 aliphatic heterocycles. The van der Waals surface area contributed by atoms with Gasteiger partial charge in [0, 0.05) is 15.5 Å². The van der Waals surface area contributed by atoms with Gasteiger partial charge in [0.1, 0.15) is 0 Å².